The van der Waals surface area contributed by atoms with Gasteiger partial charge in [-0.05, 0) is 48.9 Å². The van der Waals surface area contributed by atoms with Crippen LogP contribution in [0.15, 0.2) is 36.0 Å². The third kappa shape index (κ3) is 4.21. The van der Waals surface area contributed by atoms with Gasteiger partial charge in [0.05, 0.1) is 22.5 Å². The van der Waals surface area contributed by atoms with E-state index in [4.69, 9.17) is 17.3 Å². The first kappa shape index (κ1) is 20.8. The van der Waals surface area contributed by atoms with Gasteiger partial charge in [0, 0.05) is 17.6 Å². The van der Waals surface area contributed by atoms with E-state index in [0.717, 1.165) is 54.7 Å². The van der Waals surface area contributed by atoms with Crippen LogP contribution in [0.1, 0.15) is 47.7 Å². The maximum absolute atomic E-state index is 14.3. The highest BCUT2D eigenvalue weighted by molar-refractivity contribution is 7.13. The second-order valence-corrected chi connectivity index (χ2v) is 8.56. The van der Waals surface area contributed by atoms with Gasteiger partial charge < -0.3 is 11.1 Å². The fourth-order valence-corrected chi connectivity index (χ4v) is 4.77. The van der Waals surface area contributed by atoms with Crippen molar-refractivity contribution < 1.29 is 13.6 Å². The number of hydrogen-bond donors (Lipinski definition) is 2. The molecule has 9 heteroatoms. The van der Waals surface area contributed by atoms with E-state index in [0.29, 0.717) is 5.69 Å². The zero-order chi connectivity index (χ0) is 21.3. The van der Waals surface area contributed by atoms with Gasteiger partial charge in [-0.3, -0.25) is 9.78 Å². The van der Waals surface area contributed by atoms with Crippen molar-refractivity contribution in [3.63, 3.8) is 0 Å². The fourth-order valence-electron chi connectivity index (χ4n) is 3.78. The summed E-state index contributed by atoms with van der Waals surface area (Å²) in [5.41, 5.74) is 7.41. The molecule has 1 amide bonds. The summed E-state index contributed by atoms with van der Waals surface area (Å²) in [5.74, 6) is -1.93. The molecule has 1 saturated carbocycles. The lowest BCUT2D eigenvalue weighted by Gasteiger charge is -2.28. The van der Waals surface area contributed by atoms with E-state index in [9.17, 15) is 13.6 Å². The molecule has 3 N–H and O–H groups in total. The maximum atomic E-state index is 14.3. The van der Waals surface area contributed by atoms with E-state index in [2.05, 4.69) is 15.3 Å². The van der Waals surface area contributed by atoms with Crippen LogP contribution in [0.4, 0.5) is 14.5 Å². The van der Waals surface area contributed by atoms with Gasteiger partial charge in [0.1, 0.15) is 16.5 Å². The monoisotopic (exact) mass is 448 g/mol. The molecule has 1 fully saturated rings. The number of nitrogens with two attached hydrogens (primary N) is 1. The molecule has 0 aliphatic heterocycles. The van der Waals surface area contributed by atoms with E-state index < -0.39 is 17.5 Å². The molecule has 0 saturated heterocycles. The second-order valence-electron chi connectivity index (χ2n) is 7.30. The molecule has 5 nitrogen and oxygen atoms in total. The summed E-state index contributed by atoms with van der Waals surface area (Å²) < 4.78 is 28.4. The number of amides is 1. The van der Waals surface area contributed by atoms with Gasteiger partial charge in [0.15, 0.2) is 5.82 Å². The number of nitrogens with one attached hydrogen (secondary N) is 1. The van der Waals surface area contributed by atoms with Crippen LogP contribution in [0.3, 0.4) is 0 Å². The van der Waals surface area contributed by atoms with Crippen molar-refractivity contribution in [2.45, 2.75) is 37.6 Å². The molecule has 0 spiro atoms. The number of halogens is 3. The molecule has 2 aromatic heterocycles. The first-order valence-corrected chi connectivity index (χ1v) is 10.8. The van der Waals surface area contributed by atoms with Gasteiger partial charge >= 0.3 is 0 Å². The van der Waals surface area contributed by atoms with Gasteiger partial charge in [-0.2, -0.15) is 0 Å². The molecular weight excluding hydrogens is 430 g/mol. The number of pyridine rings is 1. The number of nitrogens with zero attached hydrogens (tertiary/aromatic N) is 2. The highest BCUT2D eigenvalue weighted by atomic mass is 35.5. The number of benzene rings is 1. The molecule has 1 aromatic carbocycles. The topological polar surface area (TPSA) is 80.9 Å². The standard InChI is InChI=1S/C21H19ClF2N4OS/c22-14-4-5-15(23)18(19(14)24)21-28-17(10-30-21)20(29)27-16-9-26-7-6-13(16)11-2-1-3-12(25)8-11/h4-7,9-12H,1-3,8,25H2,(H,27,29). The van der Waals surface area contributed by atoms with Crippen molar-refractivity contribution in [3.05, 3.63) is 63.9 Å². The van der Waals surface area contributed by atoms with Crippen molar-refractivity contribution in [3.8, 4) is 10.6 Å². The van der Waals surface area contributed by atoms with Crippen LogP contribution < -0.4 is 11.1 Å². The fraction of sp³-hybridized carbons (Fsp3) is 0.286. The molecule has 30 heavy (non-hydrogen) atoms. The molecule has 2 atom stereocenters. The molecule has 156 valence electrons. The minimum absolute atomic E-state index is 0.0438. The number of hydrogen-bond acceptors (Lipinski definition) is 5. The maximum Gasteiger partial charge on any atom is 0.275 e. The van der Waals surface area contributed by atoms with Crippen LogP contribution in [0.25, 0.3) is 10.6 Å². The Kier molecular flexibility index (Phi) is 6.08. The number of thiazole rings is 1. The summed E-state index contributed by atoms with van der Waals surface area (Å²) in [6.45, 7) is 0. The lowest BCUT2D eigenvalue weighted by atomic mass is 9.81. The Bertz CT molecular complexity index is 1090. The number of aromatic nitrogens is 2. The second kappa shape index (κ2) is 8.75. The van der Waals surface area contributed by atoms with Crippen LogP contribution in [0, 0.1) is 11.6 Å². The number of carbonyl (C=O) groups is 1. The molecule has 1 aliphatic carbocycles. The summed E-state index contributed by atoms with van der Waals surface area (Å²) in [5, 5.41) is 4.12. The van der Waals surface area contributed by atoms with Gasteiger partial charge in [-0.15, -0.1) is 11.3 Å². The van der Waals surface area contributed by atoms with Crippen molar-refractivity contribution in [1.82, 2.24) is 9.97 Å². The van der Waals surface area contributed by atoms with E-state index in [1.807, 2.05) is 6.07 Å². The first-order chi connectivity index (χ1) is 14.4. The van der Waals surface area contributed by atoms with Crippen LogP contribution in [0.5, 0.6) is 0 Å². The number of anilines is 1. The van der Waals surface area contributed by atoms with Crippen LogP contribution in [-0.4, -0.2) is 21.9 Å². The lowest BCUT2D eigenvalue weighted by molar-refractivity contribution is 0.102. The zero-order valence-corrected chi connectivity index (χ0v) is 17.4. The summed E-state index contributed by atoms with van der Waals surface area (Å²) in [4.78, 5) is 21.0. The van der Waals surface area contributed by atoms with Gasteiger partial charge in [0.2, 0.25) is 0 Å². The predicted octanol–water partition coefficient (Wildman–Crippen LogP) is 5.37. The largest absolute Gasteiger partial charge is 0.328 e. The highest BCUT2D eigenvalue weighted by Crippen LogP contribution is 2.36. The van der Waals surface area contributed by atoms with E-state index in [-0.39, 0.29) is 33.2 Å². The molecule has 4 rings (SSSR count). The molecule has 0 bridgehead atoms. The molecule has 1 aliphatic rings. The number of rotatable bonds is 4. The Morgan fingerprint density at radius 3 is 2.90 bits per heavy atom. The summed E-state index contributed by atoms with van der Waals surface area (Å²) >= 11 is 6.72. The first-order valence-electron chi connectivity index (χ1n) is 9.54. The van der Waals surface area contributed by atoms with Crippen molar-refractivity contribution in [2.24, 2.45) is 5.73 Å². The van der Waals surface area contributed by atoms with Crippen LogP contribution in [-0.2, 0) is 0 Å². The Hall–Kier alpha value is -2.42. The molecule has 2 heterocycles. The minimum Gasteiger partial charge on any atom is -0.328 e. The van der Waals surface area contributed by atoms with E-state index in [1.54, 1.807) is 12.4 Å². The SMILES string of the molecule is NC1CCCC(c2ccncc2NC(=O)c2csc(-c3c(F)ccc(Cl)c3F)n2)C1. The Morgan fingerprint density at radius 1 is 1.27 bits per heavy atom. The lowest BCUT2D eigenvalue weighted by Crippen LogP contribution is -2.27. The predicted molar refractivity (Wildman–Crippen MR) is 114 cm³/mol. The molecule has 0 radical (unpaired) electrons. The van der Waals surface area contributed by atoms with Gasteiger partial charge in [-0.1, -0.05) is 18.0 Å². The molecular formula is C21H19ClF2N4OS. The smallest absolute Gasteiger partial charge is 0.275 e. The summed E-state index contributed by atoms with van der Waals surface area (Å²) in [6, 6.07) is 4.24. The van der Waals surface area contributed by atoms with E-state index in [1.165, 1.54) is 5.38 Å². The minimum atomic E-state index is -0.902. The molecule has 3 aromatic rings. The average Bonchev–Trinajstić information content (AvgIpc) is 3.21. The van der Waals surface area contributed by atoms with Crippen molar-refractivity contribution in [2.75, 3.05) is 5.32 Å². The summed E-state index contributed by atoms with van der Waals surface area (Å²) in [6.07, 6.45) is 7.17. The van der Waals surface area contributed by atoms with E-state index >= 15 is 0 Å². The van der Waals surface area contributed by atoms with Crippen molar-refractivity contribution in [1.29, 1.82) is 0 Å². The van der Waals surface area contributed by atoms with Gasteiger partial charge in [0.25, 0.3) is 5.91 Å². The average molecular weight is 449 g/mol. The normalized spacial score (nSPS) is 18.9. The Morgan fingerprint density at radius 2 is 2.10 bits per heavy atom. The van der Waals surface area contributed by atoms with Crippen LogP contribution in [0.2, 0.25) is 5.02 Å². The Labute approximate surface area is 181 Å². The highest BCUT2D eigenvalue weighted by Gasteiger charge is 2.24. The third-order valence-electron chi connectivity index (χ3n) is 5.25. The zero-order valence-electron chi connectivity index (χ0n) is 15.9. The molecule has 2 unspecified atom stereocenters. The number of carbonyl (C=O) groups excluding carboxylic acids is 1. The third-order valence-corrected chi connectivity index (χ3v) is 6.40. The van der Waals surface area contributed by atoms with Gasteiger partial charge in [-0.25, -0.2) is 13.8 Å². The van der Waals surface area contributed by atoms with Crippen LogP contribution >= 0.6 is 22.9 Å². The quantitative estimate of drug-likeness (QED) is 0.525. The summed E-state index contributed by atoms with van der Waals surface area (Å²) in [7, 11) is 0. The van der Waals surface area contributed by atoms with Crippen molar-refractivity contribution >= 4 is 34.5 Å². The Balaban J connectivity index is 1.58.